The third-order valence-electron chi connectivity index (χ3n) is 5.38. The molecule has 2 rings (SSSR count). The number of carbonyl (C=O) groups is 1. The molecule has 0 aromatic carbocycles. The number of hydrogen-bond donors (Lipinski definition) is 2. The maximum atomic E-state index is 11.8. The minimum absolute atomic E-state index is 0.166. The molecule has 110 valence electrons. The molecule has 4 nitrogen and oxygen atoms in total. The van der Waals surface area contributed by atoms with Crippen LogP contribution in [0.15, 0.2) is 0 Å². The molecule has 2 aliphatic rings. The number of nitrogens with zero attached hydrogens (tertiary/aromatic N) is 1. The predicted octanol–water partition coefficient (Wildman–Crippen LogP) is 1.35. The van der Waals surface area contributed by atoms with Gasteiger partial charge in [0.1, 0.15) is 5.54 Å². The van der Waals surface area contributed by atoms with Crippen LogP contribution in [0.25, 0.3) is 0 Å². The normalized spacial score (nSPS) is 39.8. The predicted molar refractivity (Wildman–Crippen MR) is 77.8 cm³/mol. The van der Waals surface area contributed by atoms with Gasteiger partial charge in [-0.05, 0) is 58.0 Å². The average molecular weight is 267 g/mol. The van der Waals surface area contributed by atoms with Crippen molar-refractivity contribution in [2.75, 3.05) is 20.1 Å². The van der Waals surface area contributed by atoms with Gasteiger partial charge in [-0.2, -0.15) is 0 Å². The first-order chi connectivity index (χ1) is 8.99. The molecule has 1 heterocycles. The van der Waals surface area contributed by atoms with Crippen LogP contribution in [0.3, 0.4) is 0 Å². The van der Waals surface area contributed by atoms with E-state index in [1.807, 2.05) is 7.05 Å². The van der Waals surface area contributed by atoms with E-state index in [2.05, 4.69) is 24.1 Å². The lowest BCUT2D eigenvalue weighted by molar-refractivity contribution is -0.125. The van der Waals surface area contributed by atoms with Crippen LogP contribution < -0.4 is 11.1 Å². The summed E-state index contributed by atoms with van der Waals surface area (Å²) < 4.78 is 0. The summed E-state index contributed by atoms with van der Waals surface area (Å²) in [5.74, 6) is 1.04. The second-order valence-corrected chi connectivity index (χ2v) is 6.65. The maximum Gasteiger partial charge on any atom is 0.238 e. The highest BCUT2D eigenvalue weighted by atomic mass is 16.1. The molecule has 1 aliphatic carbocycles. The Balaban J connectivity index is 1.93. The van der Waals surface area contributed by atoms with Crippen LogP contribution in [0.5, 0.6) is 0 Å². The molecule has 4 atom stereocenters. The Morgan fingerprint density at radius 3 is 2.74 bits per heavy atom. The molecular formula is C15H29N3O. The summed E-state index contributed by atoms with van der Waals surface area (Å²) in [7, 11) is 1.88. The SMILES string of the molecule is CNC1(C(N)=O)CCCC1CCN1CC(C)CC1C. The lowest BCUT2D eigenvalue weighted by Crippen LogP contribution is -2.56. The van der Waals surface area contributed by atoms with Crippen molar-refractivity contribution in [3.8, 4) is 0 Å². The van der Waals surface area contributed by atoms with Crippen LogP contribution in [0, 0.1) is 11.8 Å². The number of nitrogens with one attached hydrogen (secondary N) is 1. The smallest absolute Gasteiger partial charge is 0.238 e. The standard InChI is InChI=1S/C15H29N3O/c1-11-9-12(2)18(10-11)8-6-13-5-4-7-15(13,17-3)14(16)19/h11-13,17H,4-10H2,1-3H3,(H2,16,19). The number of likely N-dealkylation sites (N-methyl/N-ethyl adjacent to an activating group) is 1. The van der Waals surface area contributed by atoms with Crippen LogP contribution in [-0.4, -0.2) is 42.5 Å². The van der Waals surface area contributed by atoms with Gasteiger partial charge in [0.2, 0.25) is 5.91 Å². The van der Waals surface area contributed by atoms with E-state index in [1.165, 1.54) is 13.0 Å². The monoisotopic (exact) mass is 267 g/mol. The first-order valence-corrected chi connectivity index (χ1v) is 7.72. The van der Waals surface area contributed by atoms with Crippen LogP contribution in [0.4, 0.5) is 0 Å². The minimum atomic E-state index is -0.450. The quantitative estimate of drug-likeness (QED) is 0.790. The van der Waals surface area contributed by atoms with Crippen LogP contribution in [0.2, 0.25) is 0 Å². The highest BCUT2D eigenvalue weighted by Gasteiger charge is 2.46. The number of carbonyl (C=O) groups excluding carboxylic acids is 1. The molecule has 4 unspecified atom stereocenters. The van der Waals surface area contributed by atoms with Crippen molar-refractivity contribution in [2.45, 2.75) is 57.5 Å². The lowest BCUT2D eigenvalue weighted by atomic mass is 9.84. The number of primary amides is 1. The molecule has 1 amide bonds. The van der Waals surface area contributed by atoms with E-state index >= 15 is 0 Å². The molecule has 1 saturated heterocycles. The first-order valence-electron chi connectivity index (χ1n) is 7.72. The zero-order chi connectivity index (χ0) is 14.0. The maximum absolute atomic E-state index is 11.8. The van der Waals surface area contributed by atoms with Gasteiger partial charge in [0.05, 0.1) is 0 Å². The average Bonchev–Trinajstić information content (AvgIpc) is 2.90. The van der Waals surface area contributed by atoms with Gasteiger partial charge in [0.25, 0.3) is 0 Å². The second-order valence-electron chi connectivity index (χ2n) is 6.65. The summed E-state index contributed by atoms with van der Waals surface area (Å²) >= 11 is 0. The largest absolute Gasteiger partial charge is 0.368 e. The fourth-order valence-corrected chi connectivity index (χ4v) is 4.26. The van der Waals surface area contributed by atoms with Gasteiger partial charge in [-0.25, -0.2) is 0 Å². The molecule has 1 saturated carbocycles. The Bertz CT molecular complexity index is 333. The van der Waals surface area contributed by atoms with Gasteiger partial charge in [-0.1, -0.05) is 13.3 Å². The lowest BCUT2D eigenvalue weighted by Gasteiger charge is -2.33. The Labute approximate surface area is 117 Å². The summed E-state index contributed by atoms with van der Waals surface area (Å²) in [4.78, 5) is 14.4. The summed E-state index contributed by atoms with van der Waals surface area (Å²) in [5.41, 5.74) is 5.20. The molecule has 0 bridgehead atoms. The highest BCUT2D eigenvalue weighted by molar-refractivity contribution is 5.85. The zero-order valence-electron chi connectivity index (χ0n) is 12.6. The number of amides is 1. The third-order valence-corrected chi connectivity index (χ3v) is 5.38. The van der Waals surface area contributed by atoms with Crippen molar-refractivity contribution in [2.24, 2.45) is 17.6 Å². The van der Waals surface area contributed by atoms with Gasteiger partial charge in [0, 0.05) is 12.6 Å². The molecule has 19 heavy (non-hydrogen) atoms. The van der Waals surface area contributed by atoms with Crippen molar-refractivity contribution >= 4 is 5.91 Å². The molecule has 4 heteroatoms. The van der Waals surface area contributed by atoms with E-state index in [1.54, 1.807) is 0 Å². The highest BCUT2D eigenvalue weighted by Crippen LogP contribution is 2.38. The number of hydrogen-bond acceptors (Lipinski definition) is 3. The Morgan fingerprint density at radius 1 is 1.47 bits per heavy atom. The van der Waals surface area contributed by atoms with Gasteiger partial charge in [-0.3, -0.25) is 4.79 Å². The molecule has 0 aromatic heterocycles. The van der Waals surface area contributed by atoms with E-state index in [4.69, 9.17) is 5.73 Å². The number of rotatable bonds is 5. The molecular weight excluding hydrogens is 238 g/mol. The summed E-state index contributed by atoms with van der Waals surface area (Å²) in [5, 5.41) is 3.23. The summed E-state index contributed by atoms with van der Waals surface area (Å²) in [6, 6.07) is 0.689. The van der Waals surface area contributed by atoms with Gasteiger partial charge < -0.3 is 16.0 Å². The Morgan fingerprint density at radius 2 is 2.21 bits per heavy atom. The van der Waals surface area contributed by atoms with Crippen molar-refractivity contribution in [1.29, 1.82) is 0 Å². The third kappa shape index (κ3) is 2.79. The second kappa shape index (κ2) is 5.80. The van der Waals surface area contributed by atoms with E-state index < -0.39 is 5.54 Å². The first kappa shape index (κ1) is 14.8. The molecule has 0 radical (unpaired) electrons. The molecule has 0 aromatic rings. The fraction of sp³-hybridized carbons (Fsp3) is 0.933. The minimum Gasteiger partial charge on any atom is -0.368 e. The van der Waals surface area contributed by atoms with E-state index in [0.717, 1.165) is 38.1 Å². The van der Waals surface area contributed by atoms with Crippen molar-refractivity contribution in [3.63, 3.8) is 0 Å². The van der Waals surface area contributed by atoms with Crippen molar-refractivity contribution in [3.05, 3.63) is 0 Å². The topological polar surface area (TPSA) is 58.4 Å². The van der Waals surface area contributed by atoms with Gasteiger partial charge in [0.15, 0.2) is 0 Å². The molecule has 2 fully saturated rings. The Hall–Kier alpha value is -0.610. The van der Waals surface area contributed by atoms with Gasteiger partial charge in [-0.15, -0.1) is 0 Å². The Kier molecular flexibility index (Phi) is 4.51. The fourth-order valence-electron chi connectivity index (χ4n) is 4.26. The van der Waals surface area contributed by atoms with Crippen LogP contribution >= 0.6 is 0 Å². The zero-order valence-corrected chi connectivity index (χ0v) is 12.6. The summed E-state index contributed by atoms with van der Waals surface area (Å²) in [6.07, 6.45) is 5.52. The van der Waals surface area contributed by atoms with E-state index in [9.17, 15) is 4.79 Å². The number of nitrogens with two attached hydrogens (primary N) is 1. The van der Waals surface area contributed by atoms with Crippen LogP contribution in [0.1, 0.15) is 46.0 Å². The molecule has 0 spiro atoms. The summed E-state index contributed by atoms with van der Waals surface area (Å²) in [6.45, 7) is 6.95. The van der Waals surface area contributed by atoms with E-state index in [0.29, 0.717) is 12.0 Å². The van der Waals surface area contributed by atoms with Crippen LogP contribution in [-0.2, 0) is 4.79 Å². The van der Waals surface area contributed by atoms with Gasteiger partial charge >= 0.3 is 0 Å². The number of likely N-dealkylation sites (tertiary alicyclic amines) is 1. The van der Waals surface area contributed by atoms with Crippen molar-refractivity contribution < 1.29 is 4.79 Å². The molecule has 3 N–H and O–H groups in total. The van der Waals surface area contributed by atoms with E-state index in [-0.39, 0.29) is 5.91 Å². The molecule has 1 aliphatic heterocycles. The van der Waals surface area contributed by atoms with Crippen molar-refractivity contribution in [1.82, 2.24) is 10.2 Å².